The van der Waals surface area contributed by atoms with Crippen LogP contribution in [0.3, 0.4) is 0 Å². The van der Waals surface area contributed by atoms with Gasteiger partial charge in [0, 0.05) is 23.6 Å². The Morgan fingerprint density at radius 2 is 1.39 bits per heavy atom. The first-order valence-corrected chi connectivity index (χ1v) is 7.77. The van der Waals surface area contributed by atoms with E-state index in [0.29, 0.717) is 13.1 Å². The number of hydrogen-bond acceptors (Lipinski definition) is 5. The fourth-order valence-corrected chi connectivity index (χ4v) is 2.46. The molecule has 0 radical (unpaired) electrons. The van der Waals surface area contributed by atoms with E-state index >= 15 is 0 Å². The monoisotopic (exact) mass is 323 g/mol. The SMILES string of the molecule is CSC(CNCC(CC(=O)O)SC)CC(=O)O.[Ca+2].[H-].[H-]. The standard InChI is InChI=1S/C10H19NO4S2.Ca.2H/c1-16-7(3-9(12)13)5-11-6-8(17-2)4-10(14)15;;;/h7-8,11H,3-6H2,1-2H3,(H,12,13)(H,14,15);;;/q;+2;2*-1. The number of rotatable bonds is 10. The minimum absolute atomic E-state index is 0. The summed E-state index contributed by atoms with van der Waals surface area (Å²) in [6.45, 7) is 1.17. The van der Waals surface area contributed by atoms with Crippen molar-refractivity contribution < 1.29 is 22.7 Å². The van der Waals surface area contributed by atoms with Gasteiger partial charge in [0.15, 0.2) is 0 Å². The summed E-state index contributed by atoms with van der Waals surface area (Å²) < 4.78 is 0. The molecule has 0 aliphatic rings. The Bertz CT molecular complexity index is 241. The Morgan fingerprint density at radius 3 is 1.61 bits per heavy atom. The molecule has 0 bridgehead atoms. The van der Waals surface area contributed by atoms with E-state index in [1.54, 1.807) is 0 Å². The molecule has 0 aliphatic carbocycles. The molecule has 0 aliphatic heterocycles. The summed E-state index contributed by atoms with van der Waals surface area (Å²) in [7, 11) is 0. The molecule has 0 saturated heterocycles. The van der Waals surface area contributed by atoms with Gasteiger partial charge in [0.05, 0.1) is 12.8 Å². The van der Waals surface area contributed by atoms with E-state index in [0.717, 1.165) is 0 Å². The first-order valence-electron chi connectivity index (χ1n) is 5.19. The number of aliphatic carboxylic acids is 2. The van der Waals surface area contributed by atoms with Crippen LogP contribution in [0.15, 0.2) is 0 Å². The molecule has 0 aromatic carbocycles. The molecular formula is C10H21CaNO4S2. The third-order valence-corrected chi connectivity index (χ3v) is 4.22. The number of thioether (sulfide) groups is 2. The Morgan fingerprint density at radius 1 is 1.06 bits per heavy atom. The van der Waals surface area contributed by atoms with Gasteiger partial charge >= 0.3 is 49.7 Å². The maximum absolute atomic E-state index is 10.5. The number of nitrogens with one attached hydrogen (secondary N) is 1. The van der Waals surface area contributed by atoms with Crippen LogP contribution in [0.2, 0.25) is 0 Å². The number of carboxylic acid groups (broad SMARTS) is 2. The van der Waals surface area contributed by atoms with Crippen molar-refractivity contribution in [2.24, 2.45) is 0 Å². The smallest absolute Gasteiger partial charge is 1.00 e. The van der Waals surface area contributed by atoms with Gasteiger partial charge in [0.2, 0.25) is 0 Å². The van der Waals surface area contributed by atoms with Gasteiger partial charge in [-0.1, -0.05) is 0 Å². The molecule has 0 heterocycles. The average Bonchev–Trinajstić information content (AvgIpc) is 2.25. The minimum atomic E-state index is -0.807. The Labute approximate surface area is 149 Å². The maximum Gasteiger partial charge on any atom is 2.00 e. The van der Waals surface area contributed by atoms with Gasteiger partial charge in [0.25, 0.3) is 0 Å². The third kappa shape index (κ3) is 11.9. The predicted octanol–water partition coefficient (Wildman–Crippen LogP) is 0.833. The van der Waals surface area contributed by atoms with Crippen molar-refractivity contribution in [2.75, 3.05) is 25.6 Å². The molecule has 104 valence electrons. The van der Waals surface area contributed by atoms with Crippen LogP contribution in [0.4, 0.5) is 0 Å². The molecule has 0 fully saturated rings. The fourth-order valence-electron chi connectivity index (χ4n) is 1.27. The third-order valence-electron chi connectivity index (χ3n) is 2.22. The molecule has 3 N–H and O–H groups in total. The van der Waals surface area contributed by atoms with Crippen molar-refractivity contribution in [2.45, 2.75) is 23.3 Å². The van der Waals surface area contributed by atoms with Crippen molar-refractivity contribution in [3.05, 3.63) is 0 Å². The molecule has 2 atom stereocenters. The molecule has 0 saturated carbocycles. The topological polar surface area (TPSA) is 86.6 Å². The number of hydrogen-bond donors (Lipinski definition) is 3. The first kappa shape index (κ1) is 21.2. The largest absolute Gasteiger partial charge is 2.00 e. The molecule has 0 aromatic rings. The second-order valence-corrected chi connectivity index (χ2v) is 5.85. The van der Waals surface area contributed by atoms with E-state index in [4.69, 9.17) is 10.2 Å². The van der Waals surface area contributed by atoms with Gasteiger partial charge in [-0.05, 0) is 12.5 Å². The Balaban J connectivity index is -0.000000427. The van der Waals surface area contributed by atoms with Crippen molar-refractivity contribution in [1.29, 1.82) is 0 Å². The first-order chi connectivity index (χ1) is 7.99. The van der Waals surface area contributed by atoms with Crippen molar-refractivity contribution in [3.63, 3.8) is 0 Å². The molecular weight excluding hydrogens is 302 g/mol. The molecule has 5 nitrogen and oxygen atoms in total. The molecule has 2 unspecified atom stereocenters. The van der Waals surface area contributed by atoms with Crippen molar-refractivity contribution >= 4 is 73.2 Å². The number of carbonyl (C=O) groups is 2. The summed E-state index contributed by atoms with van der Waals surface area (Å²) in [5.41, 5.74) is 0. The van der Waals surface area contributed by atoms with Gasteiger partial charge in [-0.15, -0.1) is 0 Å². The Kier molecular flexibility index (Phi) is 15.1. The summed E-state index contributed by atoms with van der Waals surface area (Å²) in [4.78, 5) is 21.1. The average molecular weight is 323 g/mol. The van der Waals surface area contributed by atoms with Gasteiger partial charge in [-0.3, -0.25) is 9.59 Å². The fraction of sp³-hybridized carbons (Fsp3) is 0.800. The Hall–Kier alpha value is 0.860. The van der Waals surface area contributed by atoms with E-state index in [1.807, 2.05) is 12.5 Å². The molecule has 0 aromatic heterocycles. The van der Waals surface area contributed by atoms with Crippen molar-refractivity contribution in [3.8, 4) is 0 Å². The van der Waals surface area contributed by atoms with Crippen LogP contribution < -0.4 is 5.32 Å². The summed E-state index contributed by atoms with van der Waals surface area (Å²) in [5, 5.41) is 20.5. The molecule has 0 spiro atoms. The van der Waals surface area contributed by atoms with Gasteiger partial charge in [0.1, 0.15) is 0 Å². The van der Waals surface area contributed by atoms with Gasteiger partial charge in [-0.25, -0.2) is 0 Å². The van der Waals surface area contributed by atoms with Crippen LogP contribution >= 0.6 is 23.5 Å². The van der Waals surface area contributed by atoms with E-state index in [9.17, 15) is 9.59 Å². The summed E-state index contributed by atoms with van der Waals surface area (Å²) in [6, 6.07) is 0. The summed E-state index contributed by atoms with van der Waals surface area (Å²) in [6.07, 6.45) is 3.99. The maximum atomic E-state index is 10.5. The quantitative estimate of drug-likeness (QED) is 0.513. The predicted molar refractivity (Wildman–Crippen MR) is 80.0 cm³/mol. The van der Waals surface area contributed by atoms with Crippen LogP contribution in [0, 0.1) is 0 Å². The van der Waals surface area contributed by atoms with Gasteiger partial charge < -0.3 is 18.4 Å². The van der Waals surface area contributed by atoms with Crippen LogP contribution in [0.5, 0.6) is 0 Å². The zero-order valence-electron chi connectivity index (χ0n) is 12.7. The van der Waals surface area contributed by atoms with Crippen LogP contribution in [0.1, 0.15) is 15.7 Å². The van der Waals surface area contributed by atoms with Crippen LogP contribution in [-0.4, -0.2) is 96.0 Å². The normalized spacial score (nSPS) is 13.4. The van der Waals surface area contributed by atoms with E-state index in [1.165, 1.54) is 23.5 Å². The van der Waals surface area contributed by atoms with Crippen LogP contribution in [-0.2, 0) is 9.59 Å². The molecule has 18 heavy (non-hydrogen) atoms. The molecule has 0 rings (SSSR count). The zero-order chi connectivity index (χ0) is 13.3. The van der Waals surface area contributed by atoms with Crippen molar-refractivity contribution in [1.82, 2.24) is 5.32 Å². The minimum Gasteiger partial charge on any atom is -1.00 e. The van der Waals surface area contributed by atoms with E-state index in [2.05, 4.69) is 5.32 Å². The summed E-state index contributed by atoms with van der Waals surface area (Å²) in [5.74, 6) is -1.61. The van der Waals surface area contributed by atoms with Gasteiger partial charge in [-0.2, -0.15) is 23.5 Å². The second kappa shape index (κ2) is 12.9. The van der Waals surface area contributed by atoms with E-state index < -0.39 is 11.9 Å². The molecule has 8 heteroatoms. The zero-order valence-corrected chi connectivity index (χ0v) is 14.6. The van der Waals surface area contributed by atoms with E-state index in [-0.39, 0.29) is 63.9 Å². The molecule has 0 amide bonds. The second-order valence-electron chi connectivity index (χ2n) is 3.57. The summed E-state index contributed by atoms with van der Waals surface area (Å²) >= 11 is 3.01. The van der Waals surface area contributed by atoms with Crippen LogP contribution in [0.25, 0.3) is 0 Å². The number of carboxylic acids is 2.